The number of ether oxygens (including phenoxy) is 1. The highest BCUT2D eigenvalue weighted by atomic mass is 16.6. The topological polar surface area (TPSA) is 95.5 Å². The molecule has 0 saturated heterocycles. The SMILES string of the molecule is COC(=O)C1(C[C@@H](N)Cc2ccc([N+](=O)[O-])cc2)CC1. The Morgan fingerprint density at radius 1 is 1.45 bits per heavy atom. The number of esters is 1. The third-order valence-electron chi connectivity index (χ3n) is 3.77. The summed E-state index contributed by atoms with van der Waals surface area (Å²) in [5, 5.41) is 10.6. The largest absolute Gasteiger partial charge is 0.469 e. The van der Waals surface area contributed by atoms with Crippen molar-refractivity contribution < 1.29 is 14.5 Å². The second-order valence-electron chi connectivity index (χ2n) is 5.36. The Morgan fingerprint density at radius 2 is 2.05 bits per heavy atom. The lowest BCUT2D eigenvalue weighted by molar-refractivity contribution is -0.384. The Labute approximate surface area is 117 Å². The zero-order valence-corrected chi connectivity index (χ0v) is 11.4. The summed E-state index contributed by atoms with van der Waals surface area (Å²) in [7, 11) is 1.39. The fraction of sp³-hybridized carbons (Fsp3) is 0.500. The molecule has 108 valence electrons. The maximum Gasteiger partial charge on any atom is 0.311 e. The van der Waals surface area contributed by atoms with Crippen molar-refractivity contribution in [2.45, 2.75) is 31.7 Å². The summed E-state index contributed by atoms with van der Waals surface area (Å²) in [6.07, 6.45) is 2.84. The molecule has 0 amide bonds. The summed E-state index contributed by atoms with van der Waals surface area (Å²) >= 11 is 0. The van der Waals surface area contributed by atoms with Crippen LogP contribution in [0.1, 0.15) is 24.8 Å². The Kier molecular flexibility index (Phi) is 4.04. The van der Waals surface area contributed by atoms with Gasteiger partial charge in [0.1, 0.15) is 0 Å². The zero-order valence-electron chi connectivity index (χ0n) is 11.4. The van der Waals surface area contributed by atoms with E-state index in [1.165, 1.54) is 19.2 Å². The molecule has 0 spiro atoms. The quantitative estimate of drug-likeness (QED) is 0.486. The highest BCUT2D eigenvalue weighted by molar-refractivity contribution is 5.79. The number of hydrogen-bond acceptors (Lipinski definition) is 5. The van der Waals surface area contributed by atoms with Gasteiger partial charge in [0, 0.05) is 18.2 Å². The van der Waals surface area contributed by atoms with E-state index in [0.717, 1.165) is 18.4 Å². The molecule has 0 bridgehead atoms. The lowest BCUT2D eigenvalue weighted by Crippen LogP contribution is -2.31. The average Bonchev–Trinajstić information content (AvgIpc) is 3.19. The number of carbonyl (C=O) groups excluding carboxylic acids is 1. The summed E-state index contributed by atoms with van der Waals surface area (Å²) in [4.78, 5) is 21.8. The molecule has 1 atom stereocenters. The summed E-state index contributed by atoms with van der Waals surface area (Å²) in [5.41, 5.74) is 6.69. The van der Waals surface area contributed by atoms with Crippen molar-refractivity contribution in [3.8, 4) is 0 Å². The van der Waals surface area contributed by atoms with Crippen molar-refractivity contribution in [3.63, 3.8) is 0 Å². The maximum atomic E-state index is 11.7. The van der Waals surface area contributed by atoms with Crippen LogP contribution in [0.25, 0.3) is 0 Å². The number of benzene rings is 1. The zero-order chi connectivity index (χ0) is 14.8. The van der Waals surface area contributed by atoms with Gasteiger partial charge in [-0.1, -0.05) is 12.1 Å². The van der Waals surface area contributed by atoms with E-state index in [1.54, 1.807) is 12.1 Å². The average molecular weight is 278 g/mol. The molecular weight excluding hydrogens is 260 g/mol. The molecule has 0 aliphatic heterocycles. The summed E-state index contributed by atoms with van der Waals surface area (Å²) < 4.78 is 4.80. The monoisotopic (exact) mass is 278 g/mol. The van der Waals surface area contributed by atoms with Crippen molar-refractivity contribution >= 4 is 11.7 Å². The minimum Gasteiger partial charge on any atom is -0.469 e. The van der Waals surface area contributed by atoms with Gasteiger partial charge in [0.05, 0.1) is 17.4 Å². The predicted octanol–water partition coefficient (Wildman–Crippen LogP) is 1.81. The van der Waals surface area contributed by atoms with Gasteiger partial charge in [0.15, 0.2) is 0 Å². The number of nitro benzene ring substituents is 1. The first-order valence-corrected chi connectivity index (χ1v) is 6.54. The number of hydrogen-bond donors (Lipinski definition) is 1. The number of methoxy groups -OCH3 is 1. The smallest absolute Gasteiger partial charge is 0.311 e. The van der Waals surface area contributed by atoms with Crippen LogP contribution in [-0.4, -0.2) is 24.0 Å². The van der Waals surface area contributed by atoms with Crippen LogP contribution in [0.2, 0.25) is 0 Å². The Morgan fingerprint density at radius 3 is 2.50 bits per heavy atom. The van der Waals surface area contributed by atoms with Crippen molar-refractivity contribution in [1.82, 2.24) is 0 Å². The van der Waals surface area contributed by atoms with E-state index < -0.39 is 10.3 Å². The first-order valence-electron chi connectivity index (χ1n) is 6.54. The fourth-order valence-corrected chi connectivity index (χ4v) is 2.49. The normalized spacial score (nSPS) is 17.3. The summed E-state index contributed by atoms with van der Waals surface area (Å²) in [5.74, 6) is -0.184. The number of nitrogens with zero attached hydrogens (tertiary/aromatic N) is 1. The number of nitrogens with two attached hydrogens (primary N) is 1. The molecule has 0 heterocycles. The lowest BCUT2D eigenvalue weighted by atomic mass is 9.93. The third-order valence-corrected chi connectivity index (χ3v) is 3.77. The third kappa shape index (κ3) is 3.14. The van der Waals surface area contributed by atoms with Gasteiger partial charge in [-0.25, -0.2) is 0 Å². The van der Waals surface area contributed by atoms with Gasteiger partial charge >= 0.3 is 5.97 Å². The summed E-state index contributed by atoms with van der Waals surface area (Å²) in [6.45, 7) is 0. The maximum absolute atomic E-state index is 11.7. The molecule has 1 saturated carbocycles. The molecule has 1 aromatic rings. The molecule has 6 nitrogen and oxygen atoms in total. The van der Waals surface area contributed by atoms with Gasteiger partial charge in [-0.3, -0.25) is 14.9 Å². The van der Waals surface area contributed by atoms with E-state index >= 15 is 0 Å². The van der Waals surface area contributed by atoms with Crippen molar-refractivity contribution in [2.75, 3.05) is 7.11 Å². The van der Waals surface area contributed by atoms with E-state index in [0.29, 0.717) is 12.8 Å². The Hall–Kier alpha value is -1.95. The molecule has 6 heteroatoms. The molecule has 2 rings (SSSR count). The predicted molar refractivity (Wildman–Crippen MR) is 73.1 cm³/mol. The van der Waals surface area contributed by atoms with Crippen LogP contribution in [0, 0.1) is 15.5 Å². The van der Waals surface area contributed by atoms with E-state index in [2.05, 4.69) is 0 Å². The second kappa shape index (κ2) is 5.58. The van der Waals surface area contributed by atoms with Crippen molar-refractivity contribution in [1.29, 1.82) is 0 Å². The summed E-state index contributed by atoms with van der Waals surface area (Å²) in [6, 6.07) is 6.19. The Bertz CT molecular complexity index is 508. The van der Waals surface area contributed by atoms with E-state index in [9.17, 15) is 14.9 Å². The molecule has 20 heavy (non-hydrogen) atoms. The number of carbonyl (C=O) groups is 1. The standard InChI is InChI=1S/C14H18N2O4/c1-20-13(17)14(6-7-14)9-11(15)8-10-2-4-12(5-3-10)16(18)19/h2-5,11H,6-9,15H2,1H3/t11-/m0/s1. The molecule has 1 aromatic carbocycles. The second-order valence-corrected chi connectivity index (χ2v) is 5.36. The van der Waals surface area contributed by atoms with Crippen LogP contribution in [0.4, 0.5) is 5.69 Å². The van der Waals surface area contributed by atoms with E-state index in [-0.39, 0.29) is 17.7 Å². The van der Waals surface area contributed by atoms with E-state index in [4.69, 9.17) is 10.5 Å². The van der Waals surface area contributed by atoms with Gasteiger partial charge in [-0.15, -0.1) is 0 Å². The molecule has 0 unspecified atom stereocenters. The molecule has 0 aromatic heterocycles. The lowest BCUT2D eigenvalue weighted by Gasteiger charge is -2.18. The van der Waals surface area contributed by atoms with Crippen LogP contribution in [0.5, 0.6) is 0 Å². The Balaban J connectivity index is 1.93. The van der Waals surface area contributed by atoms with E-state index in [1.807, 2.05) is 0 Å². The van der Waals surface area contributed by atoms with Crippen molar-refractivity contribution in [3.05, 3.63) is 39.9 Å². The molecule has 1 aliphatic carbocycles. The van der Waals surface area contributed by atoms with Gasteiger partial charge in [0.25, 0.3) is 5.69 Å². The van der Waals surface area contributed by atoms with Gasteiger partial charge in [0.2, 0.25) is 0 Å². The van der Waals surface area contributed by atoms with Crippen LogP contribution >= 0.6 is 0 Å². The first-order chi connectivity index (χ1) is 9.47. The minimum absolute atomic E-state index is 0.0653. The molecule has 2 N–H and O–H groups in total. The van der Waals surface area contributed by atoms with Gasteiger partial charge in [-0.05, 0) is 31.2 Å². The number of nitro groups is 1. The van der Waals surface area contributed by atoms with Crippen molar-refractivity contribution in [2.24, 2.45) is 11.1 Å². The van der Waals surface area contributed by atoms with Crippen LogP contribution in [0.3, 0.4) is 0 Å². The highest BCUT2D eigenvalue weighted by Crippen LogP contribution is 2.50. The molecular formula is C14H18N2O4. The minimum atomic E-state index is -0.430. The van der Waals surface area contributed by atoms with Crippen LogP contribution in [-0.2, 0) is 16.0 Å². The highest BCUT2D eigenvalue weighted by Gasteiger charge is 2.51. The van der Waals surface area contributed by atoms with Gasteiger partial charge in [-0.2, -0.15) is 0 Å². The number of rotatable bonds is 6. The van der Waals surface area contributed by atoms with Crippen LogP contribution in [0.15, 0.2) is 24.3 Å². The fourth-order valence-electron chi connectivity index (χ4n) is 2.49. The first kappa shape index (κ1) is 14.5. The number of non-ortho nitro benzene ring substituents is 1. The van der Waals surface area contributed by atoms with Gasteiger partial charge < -0.3 is 10.5 Å². The molecule has 0 radical (unpaired) electrons. The van der Waals surface area contributed by atoms with Crippen LogP contribution < -0.4 is 5.73 Å². The molecule has 1 fully saturated rings. The molecule has 1 aliphatic rings.